The molecule has 1 heterocycles. The number of para-hydroxylation sites is 2. The van der Waals surface area contributed by atoms with Gasteiger partial charge in [-0.1, -0.05) is 50.2 Å². The lowest BCUT2D eigenvalue weighted by molar-refractivity contribution is -0.134. The van der Waals surface area contributed by atoms with Gasteiger partial charge in [-0.25, -0.2) is 4.68 Å². The van der Waals surface area contributed by atoms with Crippen LogP contribution in [0, 0.1) is 6.92 Å². The van der Waals surface area contributed by atoms with Gasteiger partial charge < -0.3 is 4.74 Å². The molecule has 3 rings (SSSR count). The molecule has 0 aliphatic heterocycles. The number of aromatic nitrogens is 2. The Morgan fingerprint density at radius 2 is 1.84 bits per heavy atom. The molecule has 0 spiro atoms. The predicted octanol–water partition coefficient (Wildman–Crippen LogP) is 5.52. The van der Waals surface area contributed by atoms with Gasteiger partial charge >= 0.3 is 5.97 Å². The zero-order valence-electron chi connectivity index (χ0n) is 19.0. The first-order chi connectivity index (χ1) is 15.5. The lowest BCUT2D eigenvalue weighted by atomic mass is 10.1. The van der Waals surface area contributed by atoms with E-state index in [1.807, 2.05) is 56.3 Å². The van der Waals surface area contributed by atoms with Crippen molar-refractivity contribution in [3.8, 4) is 5.75 Å². The van der Waals surface area contributed by atoms with E-state index in [-0.39, 0.29) is 17.6 Å². The van der Waals surface area contributed by atoms with Crippen molar-refractivity contribution >= 4 is 17.9 Å². The highest BCUT2D eigenvalue weighted by molar-refractivity contribution is 5.83. The van der Waals surface area contributed by atoms with E-state index in [2.05, 4.69) is 17.0 Å². The van der Waals surface area contributed by atoms with Crippen LogP contribution >= 0.6 is 0 Å². The highest BCUT2D eigenvalue weighted by atomic mass is 16.5. The number of hydrogen-bond acceptors (Lipinski definition) is 4. The summed E-state index contributed by atoms with van der Waals surface area (Å²) in [7, 11) is 0. The van der Waals surface area contributed by atoms with E-state index in [0.29, 0.717) is 30.6 Å². The summed E-state index contributed by atoms with van der Waals surface area (Å²) < 4.78 is 7.01. The van der Waals surface area contributed by atoms with E-state index < -0.39 is 0 Å². The van der Waals surface area contributed by atoms with Gasteiger partial charge in [0.2, 0.25) is 0 Å². The van der Waals surface area contributed by atoms with Gasteiger partial charge in [-0.3, -0.25) is 19.7 Å². The normalized spacial score (nSPS) is 12.2. The number of carbonyl (C=O) groups is 1. The fourth-order valence-electron chi connectivity index (χ4n) is 3.73. The van der Waals surface area contributed by atoms with Gasteiger partial charge in [-0.05, 0) is 56.4 Å². The van der Waals surface area contributed by atoms with E-state index in [1.165, 1.54) is 0 Å². The molecule has 2 aromatic carbocycles. The molecular formula is C26H31N3O3. The Morgan fingerprint density at radius 3 is 2.56 bits per heavy atom. The molecule has 0 amide bonds. The smallest absolute Gasteiger partial charge is 0.311 e. The second kappa shape index (κ2) is 11.3. The molecule has 0 aliphatic rings. The SMILES string of the molecule is CCc1ccccc1N=Cc1c(C)[nH]n(C(CC)CCCC(=O)Oc2ccccc2)c1=O. The maximum absolute atomic E-state index is 13.1. The van der Waals surface area contributed by atoms with Gasteiger partial charge in [0, 0.05) is 18.3 Å². The molecule has 3 aromatic rings. The highest BCUT2D eigenvalue weighted by Crippen LogP contribution is 2.20. The minimum atomic E-state index is -0.261. The fraction of sp³-hybridized carbons (Fsp3) is 0.346. The number of nitrogens with one attached hydrogen (secondary N) is 1. The summed E-state index contributed by atoms with van der Waals surface area (Å²) >= 11 is 0. The first-order valence-electron chi connectivity index (χ1n) is 11.2. The number of aromatic amines is 1. The van der Waals surface area contributed by atoms with Crippen LogP contribution in [-0.2, 0) is 11.2 Å². The summed E-state index contributed by atoms with van der Waals surface area (Å²) in [5.41, 5.74) is 3.29. The number of aryl methyl sites for hydroxylation is 2. The number of ether oxygens (including phenoxy) is 1. The fourth-order valence-corrected chi connectivity index (χ4v) is 3.73. The molecule has 0 radical (unpaired) electrons. The number of aliphatic imine (C=N–C) groups is 1. The van der Waals surface area contributed by atoms with Gasteiger partial charge in [0.05, 0.1) is 17.3 Å². The summed E-state index contributed by atoms with van der Waals surface area (Å²) in [5.74, 6) is 0.290. The Morgan fingerprint density at radius 1 is 1.12 bits per heavy atom. The van der Waals surface area contributed by atoms with Gasteiger partial charge in [-0.2, -0.15) is 0 Å². The van der Waals surface area contributed by atoms with Gasteiger partial charge in [0.1, 0.15) is 5.75 Å². The monoisotopic (exact) mass is 433 g/mol. The van der Waals surface area contributed by atoms with E-state index in [1.54, 1.807) is 23.0 Å². The van der Waals surface area contributed by atoms with Crippen LogP contribution in [-0.4, -0.2) is 22.0 Å². The standard InChI is InChI=1S/C26H31N3O3/c1-4-20-12-9-10-16-24(20)27-18-23-19(3)28-29(26(23)31)21(5-2)13-11-17-25(30)32-22-14-7-6-8-15-22/h6-10,12,14-16,18,21,28H,4-5,11,13,17H2,1-3H3. The molecule has 32 heavy (non-hydrogen) atoms. The van der Waals surface area contributed by atoms with Crippen LogP contribution in [0.5, 0.6) is 5.75 Å². The molecule has 1 N–H and O–H groups in total. The average Bonchev–Trinajstić information content (AvgIpc) is 3.09. The second-order valence-corrected chi connectivity index (χ2v) is 7.81. The molecule has 168 valence electrons. The Kier molecular flexibility index (Phi) is 8.20. The minimum Gasteiger partial charge on any atom is -0.427 e. The van der Waals surface area contributed by atoms with Crippen molar-refractivity contribution in [1.29, 1.82) is 0 Å². The van der Waals surface area contributed by atoms with E-state index in [4.69, 9.17) is 4.74 Å². The first-order valence-corrected chi connectivity index (χ1v) is 11.2. The number of H-pyrrole nitrogens is 1. The van der Waals surface area contributed by atoms with Gasteiger partial charge in [0.15, 0.2) is 0 Å². The molecule has 6 nitrogen and oxygen atoms in total. The van der Waals surface area contributed by atoms with Crippen molar-refractivity contribution in [3.05, 3.63) is 81.8 Å². The largest absolute Gasteiger partial charge is 0.427 e. The number of nitrogens with zero attached hydrogens (tertiary/aromatic N) is 2. The van der Waals surface area contributed by atoms with Crippen LogP contribution < -0.4 is 10.3 Å². The van der Waals surface area contributed by atoms with Crippen LogP contribution in [0.15, 0.2) is 64.4 Å². The predicted molar refractivity (Wildman–Crippen MR) is 128 cm³/mol. The van der Waals surface area contributed by atoms with Crippen molar-refractivity contribution in [2.24, 2.45) is 4.99 Å². The summed E-state index contributed by atoms with van der Waals surface area (Å²) in [5, 5.41) is 3.20. The summed E-state index contributed by atoms with van der Waals surface area (Å²) in [6.07, 6.45) is 4.97. The molecule has 0 aliphatic carbocycles. The minimum absolute atomic E-state index is 0.0178. The molecule has 6 heteroatoms. The Hall–Kier alpha value is -3.41. The lowest BCUT2D eigenvalue weighted by Crippen LogP contribution is -2.24. The first kappa shape index (κ1) is 23.3. The number of benzene rings is 2. The second-order valence-electron chi connectivity index (χ2n) is 7.81. The summed E-state index contributed by atoms with van der Waals surface area (Å²) in [6, 6.07) is 17.0. The number of rotatable bonds is 10. The molecule has 1 unspecified atom stereocenters. The summed E-state index contributed by atoms with van der Waals surface area (Å²) in [6.45, 7) is 6.01. The Balaban J connectivity index is 1.65. The van der Waals surface area contributed by atoms with E-state index in [0.717, 1.165) is 29.8 Å². The van der Waals surface area contributed by atoms with Gasteiger partial charge in [-0.15, -0.1) is 0 Å². The Bertz CT molecular complexity index is 1110. The van der Waals surface area contributed by atoms with Crippen LogP contribution in [0.4, 0.5) is 5.69 Å². The van der Waals surface area contributed by atoms with Crippen molar-refractivity contribution in [2.45, 2.75) is 58.9 Å². The van der Waals surface area contributed by atoms with Crippen molar-refractivity contribution in [3.63, 3.8) is 0 Å². The number of esters is 1. The topological polar surface area (TPSA) is 76.4 Å². The maximum Gasteiger partial charge on any atom is 0.311 e. The lowest BCUT2D eigenvalue weighted by Gasteiger charge is -2.15. The molecule has 0 fully saturated rings. The third kappa shape index (κ3) is 5.84. The quantitative estimate of drug-likeness (QED) is 0.260. The zero-order valence-corrected chi connectivity index (χ0v) is 19.0. The highest BCUT2D eigenvalue weighted by Gasteiger charge is 2.17. The number of carbonyl (C=O) groups excluding carboxylic acids is 1. The maximum atomic E-state index is 13.1. The van der Waals surface area contributed by atoms with Crippen molar-refractivity contribution in [1.82, 2.24) is 9.78 Å². The Labute approximate surface area is 188 Å². The zero-order chi connectivity index (χ0) is 22.9. The van der Waals surface area contributed by atoms with Crippen molar-refractivity contribution < 1.29 is 9.53 Å². The third-order valence-corrected chi connectivity index (χ3v) is 5.58. The molecule has 0 bridgehead atoms. The van der Waals surface area contributed by atoms with Crippen LogP contribution in [0.3, 0.4) is 0 Å². The molecule has 1 atom stereocenters. The van der Waals surface area contributed by atoms with E-state index >= 15 is 0 Å². The van der Waals surface area contributed by atoms with Crippen LogP contribution in [0.1, 0.15) is 62.4 Å². The number of hydrogen-bond donors (Lipinski definition) is 1. The third-order valence-electron chi connectivity index (χ3n) is 5.58. The molecule has 0 saturated heterocycles. The average molecular weight is 434 g/mol. The molecule has 1 aromatic heterocycles. The molecule has 0 saturated carbocycles. The van der Waals surface area contributed by atoms with Crippen molar-refractivity contribution in [2.75, 3.05) is 0 Å². The van der Waals surface area contributed by atoms with Gasteiger partial charge in [0.25, 0.3) is 5.56 Å². The van der Waals surface area contributed by atoms with Crippen LogP contribution in [0.2, 0.25) is 0 Å². The van der Waals surface area contributed by atoms with E-state index in [9.17, 15) is 9.59 Å². The molecular weight excluding hydrogens is 402 g/mol. The van der Waals surface area contributed by atoms with Crippen LogP contribution in [0.25, 0.3) is 0 Å². The summed E-state index contributed by atoms with van der Waals surface area (Å²) in [4.78, 5) is 29.7.